The minimum absolute atomic E-state index is 0.0420. The first-order valence-corrected chi connectivity index (χ1v) is 6.79. The minimum atomic E-state index is -0.438. The summed E-state index contributed by atoms with van der Waals surface area (Å²) in [6, 6.07) is 6.51. The molecule has 0 aromatic heterocycles. The maximum atomic E-state index is 12.1. The number of ether oxygens (including phenoxy) is 1. The number of rotatable bonds is 6. The molecule has 0 fully saturated rings. The molecule has 0 bridgehead atoms. The molecule has 1 aromatic carbocycles. The lowest BCUT2D eigenvalue weighted by atomic mass is 9.86. The molecule has 0 atom stereocenters. The summed E-state index contributed by atoms with van der Waals surface area (Å²) in [6.07, 6.45) is 1.26. The lowest BCUT2D eigenvalue weighted by Crippen LogP contribution is -2.20. The zero-order valence-electron chi connectivity index (χ0n) is 12.3. The lowest BCUT2D eigenvalue weighted by Gasteiger charge is -2.16. The van der Waals surface area contributed by atoms with Gasteiger partial charge in [-0.3, -0.25) is 4.79 Å². The Kier molecular flexibility index (Phi) is 5.89. The molecule has 4 heteroatoms. The highest BCUT2D eigenvalue weighted by Crippen LogP contribution is 2.21. The van der Waals surface area contributed by atoms with Crippen LogP contribution in [-0.2, 0) is 4.74 Å². The van der Waals surface area contributed by atoms with Crippen molar-refractivity contribution >= 4 is 11.8 Å². The average molecular weight is 278 g/mol. The first-order chi connectivity index (χ1) is 9.36. The first-order valence-electron chi connectivity index (χ1n) is 6.79. The molecule has 0 unspecified atom stereocenters. The number of hydrogen-bond acceptors (Lipinski definition) is 4. The molecular formula is C16H22O4. The number of carbonyl (C=O) groups is 2. The van der Waals surface area contributed by atoms with Gasteiger partial charge >= 0.3 is 5.97 Å². The number of ketones is 1. The summed E-state index contributed by atoms with van der Waals surface area (Å²) >= 11 is 0. The van der Waals surface area contributed by atoms with Crippen LogP contribution in [0.3, 0.4) is 0 Å². The van der Waals surface area contributed by atoms with Gasteiger partial charge < -0.3 is 9.84 Å². The summed E-state index contributed by atoms with van der Waals surface area (Å²) in [4.78, 5) is 23.8. The number of benzene rings is 1. The highest BCUT2D eigenvalue weighted by molar-refractivity contribution is 6.00. The quantitative estimate of drug-likeness (QED) is 0.494. The molecule has 0 radical (unpaired) electrons. The van der Waals surface area contributed by atoms with Crippen molar-refractivity contribution in [2.45, 2.75) is 33.6 Å². The topological polar surface area (TPSA) is 63.6 Å². The van der Waals surface area contributed by atoms with Gasteiger partial charge in [0.25, 0.3) is 0 Å². The van der Waals surface area contributed by atoms with Gasteiger partial charge in [-0.05, 0) is 25.0 Å². The summed E-state index contributed by atoms with van der Waals surface area (Å²) in [5, 5.41) is 8.62. The van der Waals surface area contributed by atoms with E-state index in [0.717, 1.165) is 0 Å². The Labute approximate surface area is 119 Å². The molecule has 0 aliphatic rings. The first kappa shape index (κ1) is 16.4. The normalized spacial score (nSPS) is 11.2. The molecule has 0 aliphatic carbocycles. The number of carbonyl (C=O) groups excluding carboxylic acids is 2. The summed E-state index contributed by atoms with van der Waals surface area (Å²) in [5.41, 5.74) is 0.584. The van der Waals surface area contributed by atoms with Crippen molar-refractivity contribution < 1.29 is 19.4 Å². The summed E-state index contributed by atoms with van der Waals surface area (Å²) in [6.45, 7) is 5.97. The van der Waals surface area contributed by atoms with Crippen LogP contribution in [0, 0.1) is 5.41 Å². The van der Waals surface area contributed by atoms with Crippen LogP contribution in [0.15, 0.2) is 24.3 Å². The molecule has 0 spiro atoms. The van der Waals surface area contributed by atoms with Gasteiger partial charge in [-0.2, -0.15) is 0 Å². The number of aliphatic hydroxyl groups excluding tert-OH is 1. The number of Topliss-reactive ketones (excluding diaryl/α,β-unsaturated/α-hetero) is 1. The van der Waals surface area contributed by atoms with E-state index >= 15 is 0 Å². The molecule has 0 heterocycles. The van der Waals surface area contributed by atoms with E-state index < -0.39 is 11.4 Å². The van der Waals surface area contributed by atoms with Crippen LogP contribution in [0.5, 0.6) is 0 Å². The zero-order chi connectivity index (χ0) is 15.2. The van der Waals surface area contributed by atoms with Crippen molar-refractivity contribution in [2.75, 3.05) is 13.2 Å². The summed E-state index contributed by atoms with van der Waals surface area (Å²) in [7, 11) is 0. The minimum Gasteiger partial charge on any atom is -0.462 e. The second-order valence-electron chi connectivity index (χ2n) is 5.72. The van der Waals surface area contributed by atoms with E-state index in [4.69, 9.17) is 9.84 Å². The van der Waals surface area contributed by atoms with Gasteiger partial charge in [-0.1, -0.05) is 32.9 Å². The predicted molar refractivity (Wildman–Crippen MR) is 76.8 cm³/mol. The van der Waals surface area contributed by atoms with E-state index in [1.165, 1.54) is 0 Å². The van der Waals surface area contributed by atoms with Crippen LogP contribution in [0.4, 0.5) is 0 Å². The van der Waals surface area contributed by atoms with Crippen molar-refractivity contribution in [1.29, 1.82) is 0 Å². The van der Waals surface area contributed by atoms with E-state index in [2.05, 4.69) is 0 Å². The summed E-state index contributed by atoms with van der Waals surface area (Å²) < 4.78 is 5.06. The number of hydrogen-bond donors (Lipinski definition) is 1. The fourth-order valence-corrected chi connectivity index (χ4v) is 1.65. The maximum Gasteiger partial charge on any atom is 0.338 e. The predicted octanol–water partition coefficient (Wildman–Crippen LogP) is 2.84. The van der Waals surface area contributed by atoms with Gasteiger partial charge in [0.05, 0.1) is 12.2 Å². The highest BCUT2D eigenvalue weighted by Gasteiger charge is 2.22. The largest absolute Gasteiger partial charge is 0.462 e. The molecule has 4 nitrogen and oxygen atoms in total. The third kappa shape index (κ3) is 4.78. The van der Waals surface area contributed by atoms with E-state index in [-0.39, 0.29) is 12.4 Å². The fraction of sp³-hybridized carbons (Fsp3) is 0.500. The van der Waals surface area contributed by atoms with Crippen LogP contribution in [0.25, 0.3) is 0 Å². The SMILES string of the molecule is CC(C)(C)C(=O)c1ccc(C(=O)OCCCCO)cc1. The Morgan fingerprint density at radius 2 is 1.60 bits per heavy atom. The molecule has 0 saturated heterocycles. The zero-order valence-corrected chi connectivity index (χ0v) is 12.3. The van der Waals surface area contributed by atoms with Crippen molar-refractivity contribution in [3.63, 3.8) is 0 Å². The Balaban J connectivity index is 2.62. The van der Waals surface area contributed by atoms with Crippen molar-refractivity contribution in [3.05, 3.63) is 35.4 Å². The van der Waals surface area contributed by atoms with Crippen LogP contribution >= 0.6 is 0 Å². The van der Waals surface area contributed by atoms with Gasteiger partial charge in [-0.25, -0.2) is 4.79 Å². The molecule has 0 amide bonds. The second kappa shape index (κ2) is 7.20. The van der Waals surface area contributed by atoms with Crippen molar-refractivity contribution in [1.82, 2.24) is 0 Å². The Hall–Kier alpha value is -1.68. The molecular weight excluding hydrogens is 256 g/mol. The third-order valence-corrected chi connectivity index (χ3v) is 2.85. The van der Waals surface area contributed by atoms with Gasteiger partial charge in [0.2, 0.25) is 0 Å². The lowest BCUT2D eigenvalue weighted by molar-refractivity contribution is 0.0492. The third-order valence-electron chi connectivity index (χ3n) is 2.85. The monoisotopic (exact) mass is 278 g/mol. The number of aliphatic hydroxyl groups is 1. The maximum absolute atomic E-state index is 12.1. The van der Waals surface area contributed by atoms with E-state index in [1.807, 2.05) is 20.8 Å². The van der Waals surface area contributed by atoms with Crippen LogP contribution in [-0.4, -0.2) is 30.1 Å². The molecule has 0 aliphatic heterocycles. The molecule has 1 rings (SSSR count). The molecule has 20 heavy (non-hydrogen) atoms. The Morgan fingerprint density at radius 3 is 2.10 bits per heavy atom. The van der Waals surface area contributed by atoms with Gasteiger partial charge in [-0.15, -0.1) is 0 Å². The fourth-order valence-electron chi connectivity index (χ4n) is 1.65. The van der Waals surface area contributed by atoms with Crippen molar-refractivity contribution in [3.8, 4) is 0 Å². The van der Waals surface area contributed by atoms with Crippen LogP contribution in [0.1, 0.15) is 54.3 Å². The van der Waals surface area contributed by atoms with E-state index in [0.29, 0.717) is 30.6 Å². The average Bonchev–Trinajstić information content (AvgIpc) is 2.41. The van der Waals surface area contributed by atoms with E-state index in [9.17, 15) is 9.59 Å². The van der Waals surface area contributed by atoms with Gasteiger partial charge in [0.1, 0.15) is 0 Å². The highest BCUT2D eigenvalue weighted by atomic mass is 16.5. The van der Waals surface area contributed by atoms with Crippen LogP contribution < -0.4 is 0 Å². The summed E-state index contributed by atoms with van der Waals surface area (Å²) in [5.74, 6) is -0.363. The smallest absolute Gasteiger partial charge is 0.338 e. The molecule has 1 aromatic rings. The van der Waals surface area contributed by atoms with Crippen LogP contribution in [0.2, 0.25) is 0 Å². The molecule has 110 valence electrons. The van der Waals surface area contributed by atoms with E-state index in [1.54, 1.807) is 24.3 Å². The Morgan fingerprint density at radius 1 is 1.05 bits per heavy atom. The standard InChI is InChI=1S/C16H22O4/c1-16(2,3)14(18)12-6-8-13(9-7-12)15(19)20-11-5-4-10-17/h6-9,17H,4-5,10-11H2,1-3H3. The molecule has 1 N–H and O–H groups in total. The molecule has 0 saturated carbocycles. The van der Waals surface area contributed by atoms with Gasteiger partial charge in [0, 0.05) is 17.6 Å². The second-order valence-corrected chi connectivity index (χ2v) is 5.72. The number of unbranched alkanes of at least 4 members (excludes halogenated alkanes) is 1. The van der Waals surface area contributed by atoms with Gasteiger partial charge in [0.15, 0.2) is 5.78 Å². The number of esters is 1. The Bertz CT molecular complexity index is 454. The van der Waals surface area contributed by atoms with Crippen molar-refractivity contribution in [2.24, 2.45) is 5.41 Å².